The molecule has 1 unspecified atom stereocenters. The molecule has 0 spiro atoms. The Labute approximate surface area is 147 Å². The van der Waals surface area contributed by atoms with E-state index in [-0.39, 0.29) is 24.1 Å². The van der Waals surface area contributed by atoms with Crippen molar-refractivity contribution < 1.29 is 19.4 Å². The molecule has 0 saturated carbocycles. The van der Waals surface area contributed by atoms with Gasteiger partial charge in [0.25, 0.3) is 0 Å². The van der Waals surface area contributed by atoms with Crippen LogP contribution >= 0.6 is 0 Å². The zero-order chi connectivity index (χ0) is 17.8. The molecule has 0 amide bonds. The molecule has 1 heterocycles. The van der Waals surface area contributed by atoms with Gasteiger partial charge in [0.2, 0.25) is 0 Å². The van der Waals surface area contributed by atoms with Gasteiger partial charge >= 0.3 is 5.97 Å². The molecule has 5 heteroatoms. The monoisotopic (exact) mass is 341 g/mol. The number of nitrogens with zero attached hydrogens (tertiary/aromatic N) is 1. The van der Waals surface area contributed by atoms with Crippen molar-refractivity contribution in [1.29, 1.82) is 0 Å². The Balaban J connectivity index is 1.86. The first-order chi connectivity index (χ1) is 12.0. The molecule has 0 aromatic heterocycles. The van der Waals surface area contributed by atoms with Crippen LogP contribution in [0.15, 0.2) is 42.5 Å². The lowest BCUT2D eigenvalue weighted by Crippen LogP contribution is -2.21. The first-order valence-electron chi connectivity index (χ1n) is 8.44. The van der Waals surface area contributed by atoms with Gasteiger partial charge in [-0.2, -0.15) is 0 Å². The Bertz CT molecular complexity index is 757. The number of para-hydroxylation sites is 1. The molecule has 2 aromatic carbocycles. The Kier molecular flexibility index (Phi) is 5.24. The highest BCUT2D eigenvalue weighted by Crippen LogP contribution is 2.42. The van der Waals surface area contributed by atoms with Gasteiger partial charge in [0.15, 0.2) is 0 Å². The minimum absolute atomic E-state index is 0.0837. The van der Waals surface area contributed by atoms with E-state index in [0.29, 0.717) is 12.4 Å². The van der Waals surface area contributed by atoms with Crippen LogP contribution in [-0.4, -0.2) is 43.2 Å². The number of carbonyl (C=O) groups excluding carboxylic acids is 1. The maximum Gasteiger partial charge on any atom is 0.312 e. The Morgan fingerprint density at radius 1 is 1.20 bits per heavy atom. The number of esters is 1. The van der Waals surface area contributed by atoms with E-state index in [1.54, 1.807) is 6.07 Å². The third-order valence-corrected chi connectivity index (χ3v) is 4.27. The number of phenolic OH excluding ortho intramolecular Hbond substituents is 1. The Hall–Kier alpha value is -2.53. The first-order valence-corrected chi connectivity index (χ1v) is 8.44. The molecule has 0 saturated heterocycles. The van der Waals surface area contributed by atoms with Crippen molar-refractivity contribution in [2.75, 3.05) is 27.2 Å². The molecule has 3 rings (SSSR count). The van der Waals surface area contributed by atoms with Crippen molar-refractivity contribution in [3.63, 3.8) is 0 Å². The smallest absolute Gasteiger partial charge is 0.312 e. The Morgan fingerprint density at radius 2 is 2.00 bits per heavy atom. The van der Waals surface area contributed by atoms with Gasteiger partial charge in [0, 0.05) is 29.7 Å². The minimum atomic E-state index is -0.300. The number of phenols is 1. The van der Waals surface area contributed by atoms with Crippen molar-refractivity contribution in [2.45, 2.75) is 18.8 Å². The molecular formula is C20H23NO4. The lowest BCUT2D eigenvalue weighted by atomic mass is 9.86. The van der Waals surface area contributed by atoms with E-state index in [4.69, 9.17) is 9.47 Å². The SMILES string of the molecule is CN(C)CCCOc1ccccc1C1CC(=O)Oc2cc(O)ccc21. The number of aromatic hydroxyl groups is 1. The fraction of sp³-hybridized carbons (Fsp3) is 0.350. The van der Waals surface area contributed by atoms with Crippen molar-refractivity contribution in [3.05, 3.63) is 53.6 Å². The topological polar surface area (TPSA) is 59.0 Å². The van der Waals surface area contributed by atoms with Gasteiger partial charge < -0.3 is 19.5 Å². The quantitative estimate of drug-likeness (QED) is 0.497. The van der Waals surface area contributed by atoms with Crippen molar-refractivity contribution in [2.24, 2.45) is 0 Å². The average molecular weight is 341 g/mol. The van der Waals surface area contributed by atoms with Crippen LogP contribution in [0, 0.1) is 0 Å². The summed E-state index contributed by atoms with van der Waals surface area (Å²) in [6.07, 6.45) is 1.19. The molecule has 1 N–H and O–H groups in total. The van der Waals surface area contributed by atoms with Gasteiger partial charge in [-0.05, 0) is 32.6 Å². The summed E-state index contributed by atoms with van der Waals surface area (Å²) in [5.74, 6) is 0.858. The Morgan fingerprint density at radius 3 is 2.80 bits per heavy atom. The number of hydrogen-bond donors (Lipinski definition) is 1. The van der Waals surface area contributed by atoms with Gasteiger partial charge in [-0.1, -0.05) is 24.3 Å². The summed E-state index contributed by atoms with van der Waals surface area (Å²) in [5.41, 5.74) is 1.86. The molecule has 0 aliphatic carbocycles. The molecule has 132 valence electrons. The van der Waals surface area contributed by atoms with Gasteiger partial charge in [-0.3, -0.25) is 4.79 Å². The van der Waals surface area contributed by atoms with Crippen molar-refractivity contribution in [3.8, 4) is 17.2 Å². The summed E-state index contributed by atoms with van der Waals surface area (Å²) < 4.78 is 11.3. The highest BCUT2D eigenvalue weighted by atomic mass is 16.5. The van der Waals surface area contributed by atoms with Gasteiger partial charge in [-0.25, -0.2) is 0 Å². The molecule has 1 atom stereocenters. The summed E-state index contributed by atoms with van der Waals surface area (Å²) in [5, 5.41) is 9.65. The van der Waals surface area contributed by atoms with Gasteiger partial charge in [0.05, 0.1) is 13.0 Å². The first kappa shape index (κ1) is 17.3. The maximum absolute atomic E-state index is 12.0. The number of benzene rings is 2. The number of ether oxygens (including phenoxy) is 2. The standard InChI is InChI=1S/C20H23NO4/c1-21(2)10-5-11-24-18-7-4-3-6-15(18)17-13-20(23)25-19-12-14(22)8-9-16(17)19/h3-4,6-9,12,17,22H,5,10-11,13H2,1-2H3. The second-order valence-electron chi connectivity index (χ2n) is 6.50. The van der Waals surface area contributed by atoms with E-state index in [1.165, 1.54) is 6.07 Å². The van der Waals surface area contributed by atoms with E-state index < -0.39 is 0 Å². The molecule has 0 radical (unpaired) electrons. The van der Waals surface area contributed by atoms with Crippen molar-refractivity contribution >= 4 is 5.97 Å². The van der Waals surface area contributed by atoms with Gasteiger partial charge in [0.1, 0.15) is 17.2 Å². The highest BCUT2D eigenvalue weighted by molar-refractivity contribution is 5.78. The molecule has 25 heavy (non-hydrogen) atoms. The molecule has 1 aliphatic heterocycles. The number of fused-ring (bicyclic) bond motifs is 1. The summed E-state index contributed by atoms with van der Waals surface area (Å²) in [4.78, 5) is 14.1. The van der Waals surface area contributed by atoms with Crippen LogP contribution in [-0.2, 0) is 4.79 Å². The largest absolute Gasteiger partial charge is 0.508 e. The van der Waals surface area contributed by atoms with Crippen LogP contribution in [0.3, 0.4) is 0 Å². The number of hydrogen-bond acceptors (Lipinski definition) is 5. The molecular weight excluding hydrogens is 318 g/mol. The fourth-order valence-electron chi connectivity index (χ4n) is 3.08. The molecule has 5 nitrogen and oxygen atoms in total. The van der Waals surface area contributed by atoms with Crippen LogP contribution in [0.4, 0.5) is 0 Å². The normalized spacial score (nSPS) is 16.4. The summed E-state index contributed by atoms with van der Waals surface area (Å²) in [6.45, 7) is 1.58. The van der Waals surface area contributed by atoms with E-state index in [2.05, 4.69) is 4.90 Å². The van der Waals surface area contributed by atoms with E-state index in [1.807, 2.05) is 44.4 Å². The van der Waals surface area contributed by atoms with Crippen molar-refractivity contribution in [1.82, 2.24) is 4.90 Å². The van der Waals surface area contributed by atoms with E-state index >= 15 is 0 Å². The van der Waals surface area contributed by atoms with Gasteiger partial charge in [-0.15, -0.1) is 0 Å². The molecule has 0 bridgehead atoms. The summed E-state index contributed by atoms with van der Waals surface area (Å²) in [7, 11) is 4.07. The lowest BCUT2D eigenvalue weighted by Gasteiger charge is -2.26. The predicted octanol–water partition coefficient (Wildman–Crippen LogP) is 3.16. The third-order valence-electron chi connectivity index (χ3n) is 4.27. The van der Waals surface area contributed by atoms with Crippen LogP contribution in [0.25, 0.3) is 0 Å². The molecule has 2 aromatic rings. The number of rotatable bonds is 6. The average Bonchev–Trinajstić information content (AvgIpc) is 2.58. The van der Waals surface area contributed by atoms with E-state index in [9.17, 15) is 9.90 Å². The van der Waals surface area contributed by atoms with E-state index in [0.717, 1.165) is 29.8 Å². The summed E-state index contributed by atoms with van der Waals surface area (Å²) >= 11 is 0. The fourth-order valence-corrected chi connectivity index (χ4v) is 3.08. The molecule has 1 aliphatic rings. The predicted molar refractivity (Wildman–Crippen MR) is 95.3 cm³/mol. The summed E-state index contributed by atoms with van der Waals surface area (Å²) in [6, 6.07) is 12.7. The van der Waals surface area contributed by atoms with Crippen LogP contribution in [0.1, 0.15) is 29.9 Å². The maximum atomic E-state index is 12.0. The lowest BCUT2D eigenvalue weighted by molar-refractivity contribution is -0.135. The zero-order valence-electron chi connectivity index (χ0n) is 14.6. The second kappa shape index (κ2) is 7.57. The zero-order valence-corrected chi connectivity index (χ0v) is 14.6. The highest BCUT2D eigenvalue weighted by Gasteiger charge is 2.30. The van der Waals surface area contributed by atoms with Crippen LogP contribution in [0.2, 0.25) is 0 Å². The third kappa shape index (κ3) is 4.12. The number of carbonyl (C=O) groups is 1. The van der Waals surface area contributed by atoms with Crippen LogP contribution < -0.4 is 9.47 Å². The minimum Gasteiger partial charge on any atom is -0.508 e. The second-order valence-corrected chi connectivity index (χ2v) is 6.50. The van der Waals surface area contributed by atoms with Crippen LogP contribution in [0.5, 0.6) is 17.2 Å². The molecule has 0 fully saturated rings.